The van der Waals surface area contributed by atoms with Gasteiger partial charge in [0.25, 0.3) is 0 Å². The third-order valence-electron chi connectivity index (χ3n) is 5.40. The van der Waals surface area contributed by atoms with Crippen LogP contribution >= 0.6 is 11.3 Å². The molecule has 0 atom stereocenters. The first kappa shape index (κ1) is 19.2. The molecule has 3 aromatic heterocycles. The first-order valence-corrected chi connectivity index (χ1v) is 12.0. The molecule has 0 amide bonds. The zero-order chi connectivity index (χ0) is 21.0. The van der Waals surface area contributed by atoms with Gasteiger partial charge in [-0.2, -0.15) is 13.9 Å². The van der Waals surface area contributed by atoms with E-state index in [1.165, 1.54) is 32.7 Å². The van der Waals surface area contributed by atoms with Gasteiger partial charge in [-0.3, -0.25) is 4.57 Å². The molecule has 0 saturated heterocycles. The number of fused-ring (bicyclic) bond motifs is 5. The maximum Gasteiger partial charge on any atom is 0.352 e. The summed E-state index contributed by atoms with van der Waals surface area (Å²) in [6.07, 6.45) is 3.18. The molecule has 9 nitrogen and oxygen atoms in total. The van der Waals surface area contributed by atoms with Gasteiger partial charge in [0.15, 0.2) is 5.65 Å². The molecule has 0 unspecified atom stereocenters. The van der Waals surface area contributed by atoms with Crippen LogP contribution in [0.15, 0.2) is 35.4 Å². The fraction of sp³-hybridized carbons (Fsp3) is 0.316. The predicted molar refractivity (Wildman–Crippen MR) is 114 cm³/mol. The highest BCUT2D eigenvalue weighted by atomic mass is 32.2. The second-order valence-electron chi connectivity index (χ2n) is 7.24. The van der Waals surface area contributed by atoms with Gasteiger partial charge in [0.1, 0.15) is 16.9 Å². The van der Waals surface area contributed by atoms with Gasteiger partial charge < -0.3 is 4.74 Å². The SMILES string of the molecule is COc1ccc(Cn2c(=O)n3ncnc3c3c4c(sc32)CN(S(C)(=O)=O)CC4)cc1. The van der Waals surface area contributed by atoms with Crippen molar-refractivity contribution in [2.75, 3.05) is 19.9 Å². The first-order chi connectivity index (χ1) is 14.4. The lowest BCUT2D eigenvalue weighted by atomic mass is 10.1. The Morgan fingerprint density at radius 1 is 1.23 bits per heavy atom. The fourth-order valence-electron chi connectivity index (χ4n) is 3.88. The van der Waals surface area contributed by atoms with Crippen LogP contribution in [0.4, 0.5) is 0 Å². The van der Waals surface area contributed by atoms with Crippen molar-refractivity contribution >= 4 is 37.2 Å². The van der Waals surface area contributed by atoms with Crippen molar-refractivity contribution in [1.82, 2.24) is 23.5 Å². The van der Waals surface area contributed by atoms with Crippen LogP contribution in [0.1, 0.15) is 16.0 Å². The maximum atomic E-state index is 13.2. The van der Waals surface area contributed by atoms with Crippen LogP contribution in [0.25, 0.3) is 15.9 Å². The zero-order valence-corrected chi connectivity index (χ0v) is 18.0. The molecule has 30 heavy (non-hydrogen) atoms. The lowest BCUT2D eigenvalue weighted by Crippen LogP contribution is -2.34. The summed E-state index contributed by atoms with van der Waals surface area (Å²) in [5.74, 6) is 0.746. The molecular formula is C19H19N5O4S2. The summed E-state index contributed by atoms with van der Waals surface area (Å²) in [5.41, 5.74) is 2.25. The average Bonchev–Trinajstić information content (AvgIpc) is 3.35. The van der Waals surface area contributed by atoms with E-state index in [1.54, 1.807) is 11.7 Å². The molecule has 4 aromatic rings. The lowest BCUT2D eigenvalue weighted by molar-refractivity contribution is 0.400. The number of methoxy groups -OCH3 is 1. The molecule has 4 heterocycles. The molecule has 11 heteroatoms. The van der Waals surface area contributed by atoms with Crippen molar-refractivity contribution in [3.05, 3.63) is 57.1 Å². The lowest BCUT2D eigenvalue weighted by Gasteiger charge is -2.24. The number of thiophene rings is 1. The predicted octanol–water partition coefficient (Wildman–Crippen LogP) is 1.48. The monoisotopic (exact) mass is 445 g/mol. The number of sulfonamides is 1. The highest BCUT2D eigenvalue weighted by molar-refractivity contribution is 7.88. The third-order valence-corrected chi connectivity index (χ3v) is 7.89. The van der Waals surface area contributed by atoms with Crippen LogP contribution in [0.2, 0.25) is 0 Å². The van der Waals surface area contributed by atoms with Gasteiger partial charge in [0.2, 0.25) is 10.0 Å². The zero-order valence-electron chi connectivity index (χ0n) is 16.4. The largest absolute Gasteiger partial charge is 0.497 e. The van der Waals surface area contributed by atoms with Crippen LogP contribution in [0, 0.1) is 0 Å². The van der Waals surface area contributed by atoms with E-state index in [0.717, 1.165) is 32.0 Å². The molecule has 0 spiro atoms. The number of benzene rings is 1. The van der Waals surface area contributed by atoms with E-state index in [-0.39, 0.29) is 5.69 Å². The molecule has 0 fully saturated rings. The summed E-state index contributed by atoms with van der Waals surface area (Å²) in [7, 11) is -1.68. The van der Waals surface area contributed by atoms with Gasteiger partial charge in [0.05, 0.1) is 25.3 Å². The highest BCUT2D eigenvalue weighted by Crippen LogP contribution is 2.37. The quantitative estimate of drug-likeness (QED) is 0.472. The van der Waals surface area contributed by atoms with Crippen molar-refractivity contribution in [3.63, 3.8) is 0 Å². The van der Waals surface area contributed by atoms with Crippen molar-refractivity contribution < 1.29 is 13.2 Å². The minimum atomic E-state index is -3.28. The van der Waals surface area contributed by atoms with E-state index < -0.39 is 10.0 Å². The Labute approximate surface area is 176 Å². The molecular weight excluding hydrogens is 426 g/mol. The summed E-state index contributed by atoms with van der Waals surface area (Å²) in [6.45, 7) is 1.09. The number of aromatic nitrogens is 4. The summed E-state index contributed by atoms with van der Waals surface area (Å²) >= 11 is 1.46. The van der Waals surface area contributed by atoms with Gasteiger partial charge in [-0.25, -0.2) is 18.2 Å². The van der Waals surface area contributed by atoms with E-state index >= 15 is 0 Å². The van der Waals surface area contributed by atoms with Gasteiger partial charge in [-0.1, -0.05) is 12.1 Å². The summed E-state index contributed by atoms with van der Waals surface area (Å²) in [4.78, 5) is 19.2. The Morgan fingerprint density at radius 2 is 2.00 bits per heavy atom. The Bertz CT molecular complexity index is 1430. The minimum absolute atomic E-state index is 0.274. The van der Waals surface area contributed by atoms with Gasteiger partial charge in [-0.15, -0.1) is 11.3 Å². The topological polar surface area (TPSA) is 98.8 Å². The van der Waals surface area contributed by atoms with E-state index in [4.69, 9.17) is 4.74 Å². The number of hydrogen-bond acceptors (Lipinski definition) is 7. The van der Waals surface area contributed by atoms with Crippen LogP contribution in [0.3, 0.4) is 0 Å². The Balaban J connectivity index is 1.71. The van der Waals surface area contributed by atoms with Gasteiger partial charge in [0, 0.05) is 18.0 Å². The molecule has 156 valence electrons. The average molecular weight is 446 g/mol. The van der Waals surface area contributed by atoms with Crippen molar-refractivity contribution in [2.45, 2.75) is 19.5 Å². The second-order valence-corrected chi connectivity index (χ2v) is 10.3. The molecule has 0 bridgehead atoms. The van der Waals surface area contributed by atoms with Crippen molar-refractivity contribution in [3.8, 4) is 5.75 Å². The minimum Gasteiger partial charge on any atom is -0.497 e. The number of rotatable bonds is 4. The molecule has 0 aliphatic carbocycles. The molecule has 0 radical (unpaired) electrons. The number of ether oxygens (including phenoxy) is 1. The van der Waals surface area contributed by atoms with E-state index in [9.17, 15) is 13.2 Å². The van der Waals surface area contributed by atoms with Crippen LogP contribution in [-0.4, -0.2) is 51.8 Å². The van der Waals surface area contributed by atoms with Crippen LogP contribution < -0.4 is 10.4 Å². The molecule has 0 saturated carbocycles. The van der Waals surface area contributed by atoms with Crippen molar-refractivity contribution in [2.24, 2.45) is 0 Å². The molecule has 0 N–H and O–H groups in total. The number of nitrogens with zero attached hydrogens (tertiary/aromatic N) is 5. The van der Waals surface area contributed by atoms with E-state index in [0.29, 0.717) is 31.7 Å². The summed E-state index contributed by atoms with van der Waals surface area (Å²) < 4.78 is 33.8. The summed E-state index contributed by atoms with van der Waals surface area (Å²) in [6, 6.07) is 7.55. The molecule has 1 aromatic carbocycles. The Hall–Kier alpha value is -2.76. The van der Waals surface area contributed by atoms with Crippen LogP contribution in [0.5, 0.6) is 5.75 Å². The van der Waals surface area contributed by atoms with Gasteiger partial charge >= 0.3 is 5.69 Å². The van der Waals surface area contributed by atoms with Gasteiger partial charge in [-0.05, 0) is 29.7 Å². The second kappa shape index (κ2) is 6.89. The Morgan fingerprint density at radius 3 is 2.70 bits per heavy atom. The smallest absolute Gasteiger partial charge is 0.352 e. The number of hydrogen-bond donors (Lipinski definition) is 0. The summed E-state index contributed by atoms with van der Waals surface area (Å²) in [5, 5.41) is 5.01. The fourth-order valence-corrected chi connectivity index (χ4v) is 6.09. The first-order valence-electron chi connectivity index (χ1n) is 9.31. The van der Waals surface area contributed by atoms with E-state index in [2.05, 4.69) is 10.1 Å². The maximum absolute atomic E-state index is 13.2. The third kappa shape index (κ3) is 3.01. The van der Waals surface area contributed by atoms with E-state index in [1.807, 2.05) is 24.3 Å². The molecule has 5 rings (SSSR count). The normalized spacial score (nSPS) is 15.0. The highest BCUT2D eigenvalue weighted by Gasteiger charge is 2.29. The standard InChI is InChI=1S/C19H19N5O4S2/c1-28-13-5-3-12(4-6-13)9-23-18-16(17-20-11-21-24(17)19(23)25)14-7-8-22(30(2,26)27)10-15(14)29-18/h3-6,11H,7-10H2,1-2H3. The van der Waals surface area contributed by atoms with Crippen LogP contribution in [-0.2, 0) is 29.5 Å². The molecule has 1 aliphatic rings. The van der Waals surface area contributed by atoms with Crippen molar-refractivity contribution in [1.29, 1.82) is 0 Å². The Kier molecular flexibility index (Phi) is 4.42. The molecule has 1 aliphatic heterocycles.